The van der Waals surface area contributed by atoms with E-state index < -0.39 is 10.0 Å². The van der Waals surface area contributed by atoms with Crippen LogP contribution in [0.1, 0.15) is 27.9 Å². The summed E-state index contributed by atoms with van der Waals surface area (Å²) in [6, 6.07) is 10.6. The van der Waals surface area contributed by atoms with Gasteiger partial charge in [0, 0.05) is 31.9 Å². The zero-order valence-corrected chi connectivity index (χ0v) is 15.1. The summed E-state index contributed by atoms with van der Waals surface area (Å²) in [6.45, 7) is 1.15. The minimum absolute atomic E-state index is 0.0128. The standard InChI is InChI=1S/C18H21N3O4S/c22-17-7-6-15(12-20-17)18(23)19-9-3-11-26(24,25)21-10-8-14-4-1-2-5-16(14)13-21/h1-2,4-7,12H,3,8-11,13H2,(H,19,23)(H,20,22). The maximum Gasteiger partial charge on any atom is 0.252 e. The van der Waals surface area contributed by atoms with Gasteiger partial charge < -0.3 is 10.3 Å². The molecule has 1 aromatic heterocycles. The van der Waals surface area contributed by atoms with Crippen molar-refractivity contribution in [3.8, 4) is 0 Å². The Morgan fingerprint density at radius 2 is 1.92 bits per heavy atom. The van der Waals surface area contributed by atoms with Crippen molar-refractivity contribution < 1.29 is 13.2 Å². The summed E-state index contributed by atoms with van der Waals surface area (Å²) in [5.74, 6) is -0.355. The molecule has 7 nitrogen and oxygen atoms in total. The summed E-state index contributed by atoms with van der Waals surface area (Å²) >= 11 is 0. The molecule has 0 spiro atoms. The second kappa shape index (κ2) is 7.84. The lowest BCUT2D eigenvalue weighted by Gasteiger charge is -2.28. The number of benzene rings is 1. The summed E-state index contributed by atoms with van der Waals surface area (Å²) in [6.07, 6.45) is 2.38. The highest BCUT2D eigenvalue weighted by atomic mass is 32.2. The predicted octanol–water partition coefficient (Wildman–Crippen LogP) is 0.883. The maximum atomic E-state index is 12.5. The topological polar surface area (TPSA) is 99.3 Å². The Balaban J connectivity index is 1.49. The molecule has 8 heteroatoms. The van der Waals surface area contributed by atoms with Gasteiger partial charge in [0.2, 0.25) is 15.6 Å². The number of aromatic amines is 1. The van der Waals surface area contributed by atoms with Gasteiger partial charge in [-0.15, -0.1) is 0 Å². The van der Waals surface area contributed by atoms with Gasteiger partial charge in [0.05, 0.1) is 11.3 Å². The Morgan fingerprint density at radius 1 is 1.15 bits per heavy atom. The molecule has 2 heterocycles. The number of pyridine rings is 1. The Morgan fingerprint density at radius 3 is 2.65 bits per heavy atom. The molecule has 0 radical (unpaired) electrons. The highest BCUT2D eigenvalue weighted by Gasteiger charge is 2.26. The van der Waals surface area contributed by atoms with Crippen LogP contribution < -0.4 is 10.9 Å². The third kappa shape index (κ3) is 4.39. The van der Waals surface area contributed by atoms with Crippen LogP contribution in [0.4, 0.5) is 0 Å². The van der Waals surface area contributed by atoms with Gasteiger partial charge in [0.25, 0.3) is 5.91 Å². The quantitative estimate of drug-likeness (QED) is 0.732. The molecule has 0 saturated carbocycles. The molecule has 2 N–H and O–H groups in total. The fraction of sp³-hybridized carbons (Fsp3) is 0.333. The predicted molar refractivity (Wildman–Crippen MR) is 98.4 cm³/mol. The van der Waals surface area contributed by atoms with Crippen molar-refractivity contribution in [3.05, 3.63) is 69.6 Å². The second-order valence-corrected chi connectivity index (χ2v) is 8.31. The van der Waals surface area contributed by atoms with E-state index in [1.807, 2.05) is 24.3 Å². The normalized spacial score (nSPS) is 14.6. The average Bonchev–Trinajstić information content (AvgIpc) is 2.65. The van der Waals surface area contributed by atoms with Crippen LogP contribution in [-0.2, 0) is 23.0 Å². The van der Waals surface area contributed by atoms with Crippen molar-refractivity contribution in [1.82, 2.24) is 14.6 Å². The van der Waals surface area contributed by atoms with E-state index in [0.29, 0.717) is 25.1 Å². The monoisotopic (exact) mass is 375 g/mol. The van der Waals surface area contributed by atoms with Crippen LogP contribution in [0, 0.1) is 0 Å². The smallest absolute Gasteiger partial charge is 0.252 e. The van der Waals surface area contributed by atoms with Crippen LogP contribution in [0.2, 0.25) is 0 Å². The molecule has 1 aromatic carbocycles. The summed E-state index contributed by atoms with van der Waals surface area (Å²) in [5, 5.41) is 2.67. The van der Waals surface area contributed by atoms with E-state index >= 15 is 0 Å². The summed E-state index contributed by atoms with van der Waals surface area (Å²) in [5.41, 5.74) is 2.30. The fourth-order valence-electron chi connectivity index (χ4n) is 2.95. The molecular weight excluding hydrogens is 354 g/mol. The third-order valence-electron chi connectivity index (χ3n) is 4.40. The Kier molecular flexibility index (Phi) is 5.53. The molecule has 0 fully saturated rings. The highest BCUT2D eigenvalue weighted by molar-refractivity contribution is 7.89. The van der Waals surface area contributed by atoms with Crippen molar-refractivity contribution >= 4 is 15.9 Å². The van der Waals surface area contributed by atoms with Crippen molar-refractivity contribution in [2.45, 2.75) is 19.4 Å². The number of carbonyl (C=O) groups excluding carboxylic acids is 1. The molecule has 2 aromatic rings. The van der Waals surface area contributed by atoms with E-state index in [1.165, 1.54) is 28.2 Å². The molecule has 0 bridgehead atoms. The SMILES string of the molecule is O=C(NCCCS(=O)(=O)N1CCc2ccccc2C1)c1ccc(=O)[nH]c1. The molecule has 1 aliphatic rings. The Labute approximate surface area is 152 Å². The third-order valence-corrected chi connectivity index (χ3v) is 6.30. The van der Waals surface area contributed by atoms with Crippen LogP contribution in [0.3, 0.4) is 0 Å². The van der Waals surface area contributed by atoms with Gasteiger partial charge in [-0.2, -0.15) is 4.31 Å². The second-order valence-electron chi connectivity index (χ2n) is 6.22. The summed E-state index contributed by atoms with van der Waals surface area (Å²) < 4.78 is 26.6. The van der Waals surface area contributed by atoms with Crippen molar-refractivity contribution in [3.63, 3.8) is 0 Å². The molecule has 138 valence electrons. The number of fused-ring (bicyclic) bond motifs is 1. The van der Waals surface area contributed by atoms with Gasteiger partial charge in [-0.25, -0.2) is 8.42 Å². The molecule has 0 saturated heterocycles. The van der Waals surface area contributed by atoms with Crippen molar-refractivity contribution in [2.24, 2.45) is 0 Å². The molecule has 1 amide bonds. The van der Waals surface area contributed by atoms with Gasteiger partial charge in [-0.1, -0.05) is 24.3 Å². The van der Waals surface area contributed by atoms with E-state index in [9.17, 15) is 18.0 Å². The number of aromatic nitrogens is 1. The Bertz CT molecular complexity index is 932. The molecule has 0 aliphatic carbocycles. The van der Waals surface area contributed by atoms with E-state index in [-0.39, 0.29) is 23.8 Å². The number of hydrogen-bond donors (Lipinski definition) is 2. The van der Waals surface area contributed by atoms with Gasteiger partial charge >= 0.3 is 0 Å². The number of carbonyl (C=O) groups is 1. The number of hydrogen-bond acceptors (Lipinski definition) is 4. The number of rotatable bonds is 6. The van der Waals surface area contributed by atoms with Crippen LogP contribution in [0.25, 0.3) is 0 Å². The lowest BCUT2D eigenvalue weighted by Crippen LogP contribution is -2.38. The number of H-pyrrole nitrogens is 1. The molecular formula is C18H21N3O4S. The largest absolute Gasteiger partial charge is 0.352 e. The van der Waals surface area contributed by atoms with E-state index in [2.05, 4.69) is 10.3 Å². The lowest BCUT2D eigenvalue weighted by atomic mass is 10.0. The first kappa shape index (κ1) is 18.3. The highest BCUT2D eigenvalue weighted by Crippen LogP contribution is 2.21. The summed E-state index contributed by atoms with van der Waals surface area (Å²) in [7, 11) is -3.36. The molecule has 3 rings (SSSR count). The molecule has 26 heavy (non-hydrogen) atoms. The number of amides is 1. The van der Waals surface area contributed by atoms with Crippen LogP contribution >= 0.6 is 0 Å². The Hall–Kier alpha value is -2.45. The number of nitrogens with one attached hydrogen (secondary N) is 2. The van der Waals surface area contributed by atoms with Crippen LogP contribution in [0.5, 0.6) is 0 Å². The van der Waals surface area contributed by atoms with Gasteiger partial charge in [-0.05, 0) is 30.0 Å². The molecule has 1 aliphatic heterocycles. The van der Waals surface area contributed by atoms with Gasteiger partial charge in [0.15, 0.2) is 0 Å². The van der Waals surface area contributed by atoms with E-state index in [1.54, 1.807) is 0 Å². The first-order valence-corrected chi connectivity index (χ1v) is 10.1. The minimum Gasteiger partial charge on any atom is -0.352 e. The average molecular weight is 375 g/mol. The number of nitrogens with zero attached hydrogens (tertiary/aromatic N) is 1. The minimum atomic E-state index is -3.36. The zero-order valence-electron chi connectivity index (χ0n) is 14.3. The van der Waals surface area contributed by atoms with Crippen LogP contribution in [0.15, 0.2) is 47.4 Å². The summed E-state index contributed by atoms with van der Waals surface area (Å²) in [4.78, 5) is 25.3. The first-order chi connectivity index (χ1) is 12.5. The number of sulfonamides is 1. The fourth-order valence-corrected chi connectivity index (χ4v) is 4.42. The molecule has 0 unspecified atom stereocenters. The van der Waals surface area contributed by atoms with Crippen molar-refractivity contribution in [1.29, 1.82) is 0 Å². The van der Waals surface area contributed by atoms with Gasteiger partial charge in [-0.3, -0.25) is 9.59 Å². The molecule has 0 atom stereocenters. The van der Waals surface area contributed by atoms with Crippen molar-refractivity contribution in [2.75, 3.05) is 18.8 Å². The lowest BCUT2D eigenvalue weighted by molar-refractivity contribution is 0.0953. The van der Waals surface area contributed by atoms with E-state index in [4.69, 9.17) is 0 Å². The van der Waals surface area contributed by atoms with E-state index in [0.717, 1.165) is 12.0 Å². The van der Waals surface area contributed by atoms with Crippen LogP contribution in [-0.4, -0.2) is 42.5 Å². The first-order valence-electron chi connectivity index (χ1n) is 8.47. The zero-order chi connectivity index (χ0) is 18.6. The maximum absolute atomic E-state index is 12.5. The van der Waals surface area contributed by atoms with Gasteiger partial charge in [0.1, 0.15) is 0 Å².